The summed E-state index contributed by atoms with van der Waals surface area (Å²) in [5.74, 6) is 0.299. The average molecular weight is 302 g/mol. The Morgan fingerprint density at radius 2 is 2.33 bits per heavy atom. The van der Waals surface area contributed by atoms with Crippen LogP contribution in [0.5, 0.6) is 0 Å². The first kappa shape index (κ1) is 13.3. The van der Waals surface area contributed by atoms with Crippen molar-refractivity contribution in [2.24, 2.45) is 0 Å². The smallest absolute Gasteiger partial charge is 0.210 e. The zero-order valence-electron chi connectivity index (χ0n) is 9.19. The van der Waals surface area contributed by atoms with E-state index in [2.05, 4.69) is 22.1 Å². The quantitative estimate of drug-likeness (QED) is 0.837. The Hall–Kier alpha value is -1.11. The van der Waals surface area contributed by atoms with Gasteiger partial charge in [-0.3, -0.25) is 0 Å². The summed E-state index contributed by atoms with van der Waals surface area (Å²) >= 11 is 8.51. The predicted octanol–water partition coefficient (Wildman–Crippen LogP) is 4.27. The van der Waals surface area contributed by atoms with E-state index in [1.54, 1.807) is 12.1 Å². The van der Waals surface area contributed by atoms with Gasteiger partial charge in [-0.15, -0.1) is 10.2 Å². The maximum atomic E-state index is 13.0. The largest absolute Gasteiger partial charge is 0.330 e. The number of aromatic nitrogens is 2. The van der Waals surface area contributed by atoms with E-state index in [0.717, 1.165) is 4.34 Å². The molecule has 0 aliphatic heterocycles. The Kier molecular flexibility index (Phi) is 4.57. The SMILES string of the molecule is C=C(Cl)CSc1nnc(Nc2cccc(F)c2)s1. The third-order valence-electron chi connectivity index (χ3n) is 1.83. The van der Waals surface area contributed by atoms with Crippen LogP contribution in [-0.4, -0.2) is 16.0 Å². The lowest BCUT2D eigenvalue weighted by Crippen LogP contribution is -1.89. The predicted molar refractivity (Wildman–Crippen MR) is 75.3 cm³/mol. The Balaban J connectivity index is 2.00. The van der Waals surface area contributed by atoms with Crippen LogP contribution in [-0.2, 0) is 0 Å². The van der Waals surface area contributed by atoms with Crippen LogP contribution in [0.3, 0.4) is 0 Å². The molecule has 0 radical (unpaired) electrons. The van der Waals surface area contributed by atoms with Crippen LogP contribution in [0, 0.1) is 5.82 Å². The number of rotatable bonds is 5. The van der Waals surface area contributed by atoms with E-state index >= 15 is 0 Å². The van der Waals surface area contributed by atoms with Crippen molar-refractivity contribution in [2.45, 2.75) is 4.34 Å². The minimum Gasteiger partial charge on any atom is -0.330 e. The molecule has 1 heterocycles. The van der Waals surface area contributed by atoms with Gasteiger partial charge in [-0.05, 0) is 18.2 Å². The van der Waals surface area contributed by atoms with Gasteiger partial charge >= 0.3 is 0 Å². The molecule has 1 aromatic carbocycles. The lowest BCUT2D eigenvalue weighted by Gasteiger charge is -2.00. The molecule has 7 heteroatoms. The molecule has 2 rings (SSSR count). The summed E-state index contributed by atoms with van der Waals surface area (Å²) in [6.07, 6.45) is 0. The molecule has 0 unspecified atom stereocenters. The molecule has 0 saturated heterocycles. The highest BCUT2D eigenvalue weighted by atomic mass is 35.5. The number of halogens is 2. The molecule has 94 valence electrons. The van der Waals surface area contributed by atoms with E-state index in [1.807, 2.05) is 0 Å². The summed E-state index contributed by atoms with van der Waals surface area (Å²) < 4.78 is 13.8. The van der Waals surface area contributed by atoms with Crippen molar-refractivity contribution >= 4 is 45.5 Å². The van der Waals surface area contributed by atoms with Crippen LogP contribution < -0.4 is 5.32 Å². The van der Waals surface area contributed by atoms with Crippen molar-refractivity contribution in [3.05, 3.63) is 41.7 Å². The van der Waals surface area contributed by atoms with E-state index in [4.69, 9.17) is 11.6 Å². The Morgan fingerprint density at radius 1 is 1.50 bits per heavy atom. The van der Waals surface area contributed by atoms with Crippen molar-refractivity contribution in [3.63, 3.8) is 0 Å². The van der Waals surface area contributed by atoms with Crippen molar-refractivity contribution in [1.82, 2.24) is 10.2 Å². The zero-order valence-corrected chi connectivity index (χ0v) is 11.6. The second-order valence-corrected chi connectivity index (χ2v) is 6.05. The van der Waals surface area contributed by atoms with Crippen LogP contribution in [0.1, 0.15) is 0 Å². The van der Waals surface area contributed by atoms with Gasteiger partial charge in [-0.1, -0.05) is 47.3 Å². The van der Waals surface area contributed by atoms with Crippen molar-refractivity contribution in [3.8, 4) is 0 Å². The molecule has 0 bridgehead atoms. The third kappa shape index (κ3) is 3.97. The molecule has 2 aromatic rings. The first-order chi connectivity index (χ1) is 8.63. The molecule has 0 fully saturated rings. The maximum Gasteiger partial charge on any atom is 0.210 e. The van der Waals surface area contributed by atoms with E-state index in [0.29, 0.717) is 21.6 Å². The molecule has 18 heavy (non-hydrogen) atoms. The fourth-order valence-corrected chi connectivity index (χ4v) is 2.84. The van der Waals surface area contributed by atoms with Gasteiger partial charge in [-0.2, -0.15) is 0 Å². The monoisotopic (exact) mass is 301 g/mol. The third-order valence-corrected chi connectivity index (χ3v) is 4.18. The lowest BCUT2D eigenvalue weighted by atomic mass is 10.3. The molecule has 0 aliphatic rings. The standard InChI is InChI=1S/C11H9ClFN3S2/c1-7(12)6-17-11-16-15-10(18-11)14-9-4-2-3-8(13)5-9/h2-5H,1,6H2,(H,14,15). The molecule has 1 N–H and O–H groups in total. The minimum absolute atomic E-state index is 0.294. The number of anilines is 2. The Labute approximate surface area is 117 Å². The van der Waals surface area contributed by atoms with Crippen LogP contribution in [0.15, 0.2) is 40.2 Å². The highest BCUT2D eigenvalue weighted by Crippen LogP contribution is 2.29. The second kappa shape index (κ2) is 6.17. The summed E-state index contributed by atoms with van der Waals surface area (Å²) in [6.45, 7) is 3.60. The van der Waals surface area contributed by atoms with Crippen molar-refractivity contribution < 1.29 is 4.39 Å². The highest BCUT2D eigenvalue weighted by Gasteiger charge is 2.05. The number of nitrogens with zero attached hydrogens (tertiary/aromatic N) is 2. The Morgan fingerprint density at radius 3 is 3.06 bits per heavy atom. The second-order valence-electron chi connectivity index (χ2n) is 3.31. The summed E-state index contributed by atoms with van der Waals surface area (Å²) in [7, 11) is 0. The molecule has 0 spiro atoms. The Bertz CT molecular complexity index is 559. The van der Waals surface area contributed by atoms with E-state index in [-0.39, 0.29) is 5.82 Å². The van der Waals surface area contributed by atoms with Crippen LogP contribution in [0.2, 0.25) is 0 Å². The molecule has 0 atom stereocenters. The summed E-state index contributed by atoms with van der Waals surface area (Å²) in [5.41, 5.74) is 0.643. The molecular weight excluding hydrogens is 293 g/mol. The maximum absolute atomic E-state index is 13.0. The van der Waals surface area contributed by atoms with Gasteiger partial charge in [0.05, 0.1) is 0 Å². The van der Waals surface area contributed by atoms with Gasteiger partial charge in [0.1, 0.15) is 5.82 Å². The van der Waals surface area contributed by atoms with Crippen LogP contribution >= 0.6 is 34.7 Å². The van der Waals surface area contributed by atoms with Gasteiger partial charge in [0, 0.05) is 16.5 Å². The lowest BCUT2D eigenvalue weighted by molar-refractivity contribution is 0.628. The van der Waals surface area contributed by atoms with Gasteiger partial charge < -0.3 is 5.32 Å². The zero-order chi connectivity index (χ0) is 13.0. The summed E-state index contributed by atoms with van der Waals surface area (Å²) in [6, 6.07) is 6.18. The number of hydrogen-bond donors (Lipinski definition) is 1. The van der Waals surface area contributed by atoms with E-state index in [1.165, 1.54) is 35.2 Å². The van der Waals surface area contributed by atoms with Gasteiger partial charge in [0.25, 0.3) is 0 Å². The van der Waals surface area contributed by atoms with E-state index < -0.39 is 0 Å². The van der Waals surface area contributed by atoms with Crippen LogP contribution in [0.4, 0.5) is 15.2 Å². The summed E-state index contributed by atoms with van der Waals surface area (Å²) in [5, 5.41) is 12.1. The first-order valence-electron chi connectivity index (χ1n) is 4.95. The molecule has 1 aromatic heterocycles. The first-order valence-corrected chi connectivity index (χ1v) is 7.13. The molecule has 0 saturated carbocycles. The van der Waals surface area contributed by atoms with Crippen molar-refractivity contribution in [2.75, 3.05) is 11.1 Å². The topological polar surface area (TPSA) is 37.8 Å². The van der Waals surface area contributed by atoms with Crippen molar-refractivity contribution in [1.29, 1.82) is 0 Å². The van der Waals surface area contributed by atoms with Gasteiger partial charge in [-0.25, -0.2) is 4.39 Å². The molecule has 0 amide bonds. The fourth-order valence-electron chi connectivity index (χ4n) is 1.15. The number of benzene rings is 1. The molecule has 0 aliphatic carbocycles. The highest BCUT2D eigenvalue weighted by molar-refractivity contribution is 8.01. The average Bonchev–Trinajstić information content (AvgIpc) is 2.74. The molecular formula is C11H9ClFN3S2. The number of hydrogen-bond acceptors (Lipinski definition) is 5. The summed E-state index contributed by atoms with van der Waals surface area (Å²) in [4.78, 5) is 0. The minimum atomic E-state index is -0.294. The fraction of sp³-hybridized carbons (Fsp3) is 0.0909. The normalized spacial score (nSPS) is 10.3. The van der Waals surface area contributed by atoms with Gasteiger partial charge in [0.2, 0.25) is 5.13 Å². The van der Waals surface area contributed by atoms with Gasteiger partial charge in [0.15, 0.2) is 4.34 Å². The van der Waals surface area contributed by atoms with Crippen LogP contribution in [0.25, 0.3) is 0 Å². The number of nitrogens with one attached hydrogen (secondary N) is 1. The molecule has 3 nitrogen and oxygen atoms in total. The van der Waals surface area contributed by atoms with E-state index in [9.17, 15) is 4.39 Å². The number of thioether (sulfide) groups is 1.